The first-order valence-electron chi connectivity index (χ1n) is 7.27. The Bertz CT molecular complexity index is 427. The van der Waals surface area contributed by atoms with Crippen molar-refractivity contribution in [3.63, 3.8) is 0 Å². The minimum absolute atomic E-state index is 0.00416. The Morgan fingerprint density at radius 3 is 2.79 bits per heavy atom. The van der Waals surface area contributed by atoms with Crippen LogP contribution in [0.2, 0.25) is 0 Å². The Balaban J connectivity index is 1.75. The Morgan fingerprint density at radius 1 is 1.21 bits per heavy atom. The second-order valence-corrected chi connectivity index (χ2v) is 5.78. The Kier molecular flexibility index (Phi) is 3.87. The van der Waals surface area contributed by atoms with E-state index in [-0.39, 0.29) is 12.4 Å². The van der Waals surface area contributed by atoms with E-state index in [1.807, 2.05) is 0 Å². The zero-order chi connectivity index (χ0) is 13.2. The second-order valence-electron chi connectivity index (χ2n) is 5.78. The first kappa shape index (κ1) is 13.1. The van der Waals surface area contributed by atoms with Gasteiger partial charge in [0, 0.05) is 13.0 Å². The highest BCUT2D eigenvalue weighted by molar-refractivity contribution is 5.36. The summed E-state index contributed by atoms with van der Waals surface area (Å²) in [5, 5.41) is 0. The lowest BCUT2D eigenvalue weighted by Gasteiger charge is -2.32. The first-order chi connectivity index (χ1) is 9.25. The molecule has 3 heteroatoms. The molecule has 0 amide bonds. The van der Waals surface area contributed by atoms with Gasteiger partial charge in [0.05, 0.1) is 12.1 Å². The van der Waals surface area contributed by atoms with Gasteiger partial charge in [-0.3, -0.25) is 0 Å². The van der Waals surface area contributed by atoms with Crippen LogP contribution in [0.4, 0.5) is 0 Å². The summed E-state index contributed by atoms with van der Waals surface area (Å²) >= 11 is 0. The highest BCUT2D eigenvalue weighted by atomic mass is 16.7. The number of ether oxygens (including phenoxy) is 2. The van der Waals surface area contributed by atoms with E-state index >= 15 is 0 Å². The van der Waals surface area contributed by atoms with Crippen LogP contribution in [0.3, 0.4) is 0 Å². The average Bonchev–Trinajstić information content (AvgIpc) is 2.77. The van der Waals surface area contributed by atoms with E-state index in [4.69, 9.17) is 9.47 Å². The van der Waals surface area contributed by atoms with Crippen molar-refractivity contribution < 1.29 is 9.47 Å². The van der Waals surface area contributed by atoms with E-state index in [1.165, 1.54) is 24.0 Å². The van der Waals surface area contributed by atoms with Crippen LogP contribution in [-0.4, -0.2) is 38.0 Å². The van der Waals surface area contributed by atoms with Gasteiger partial charge in [0.25, 0.3) is 0 Å². The number of likely N-dealkylation sites (N-methyl/N-ethyl adjacent to an activating group) is 1. The molecule has 1 unspecified atom stereocenters. The molecule has 19 heavy (non-hydrogen) atoms. The molecule has 0 spiro atoms. The van der Waals surface area contributed by atoms with Gasteiger partial charge in [-0.2, -0.15) is 0 Å². The monoisotopic (exact) mass is 261 g/mol. The van der Waals surface area contributed by atoms with Crippen LogP contribution in [-0.2, 0) is 15.9 Å². The van der Waals surface area contributed by atoms with Crippen molar-refractivity contribution in [1.29, 1.82) is 0 Å². The summed E-state index contributed by atoms with van der Waals surface area (Å²) in [7, 11) is 4.26. The van der Waals surface area contributed by atoms with Crippen molar-refractivity contribution in [2.75, 3.05) is 20.7 Å². The lowest BCUT2D eigenvalue weighted by molar-refractivity contribution is -0.196. The van der Waals surface area contributed by atoms with Gasteiger partial charge >= 0.3 is 0 Å². The fourth-order valence-corrected chi connectivity index (χ4v) is 3.28. The molecule has 1 fully saturated rings. The summed E-state index contributed by atoms with van der Waals surface area (Å²) in [4.78, 5) is 2.26. The predicted octanol–water partition coefficient (Wildman–Crippen LogP) is 2.76. The van der Waals surface area contributed by atoms with Crippen molar-refractivity contribution >= 4 is 0 Å². The van der Waals surface area contributed by atoms with E-state index in [0.717, 1.165) is 19.4 Å². The third-order valence-electron chi connectivity index (χ3n) is 4.17. The Labute approximate surface area is 115 Å². The molecule has 1 saturated heterocycles. The maximum absolute atomic E-state index is 6.24. The molecule has 2 aliphatic rings. The second kappa shape index (κ2) is 5.61. The SMILES string of the molecule is CN(C)[C@@H]1c2ccccc2C[C@@H]1OC1CCCCO1. The molecule has 3 rings (SSSR count). The molecule has 0 aromatic heterocycles. The lowest BCUT2D eigenvalue weighted by atomic mass is 10.1. The lowest BCUT2D eigenvalue weighted by Crippen LogP contribution is -2.35. The molecule has 1 aliphatic heterocycles. The number of nitrogens with zero attached hydrogens (tertiary/aromatic N) is 1. The molecular formula is C16H23NO2. The number of fused-ring (bicyclic) bond motifs is 1. The normalized spacial score (nSPS) is 30.6. The van der Waals surface area contributed by atoms with E-state index in [9.17, 15) is 0 Å². The summed E-state index contributed by atoms with van der Waals surface area (Å²) in [6, 6.07) is 9.03. The van der Waals surface area contributed by atoms with Crippen molar-refractivity contribution in [3.05, 3.63) is 35.4 Å². The van der Waals surface area contributed by atoms with Gasteiger partial charge in [-0.05, 0) is 44.5 Å². The van der Waals surface area contributed by atoms with Crippen LogP contribution in [0.5, 0.6) is 0 Å². The zero-order valence-corrected chi connectivity index (χ0v) is 11.8. The number of benzene rings is 1. The van der Waals surface area contributed by atoms with Gasteiger partial charge in [-0.25, -0.2) is 0 Å². The molecule has 0 saturated carbocycles. The standard InChI is InChI=1S/C16H23NO2/c1-17(2)16-13-8-4-3-7-12(13)11-14(16)19-15-9-5-6-10-18-15/h3-4,7-8,14-16H,5-6,9-11H2,1-2H3/t14-,15?,16+/m0/s1. The highest BCUT2D eigenvalue weighted by Gasteiger charge is 2.36. The van der Waals surface area contributed by atoms with Crippen molar-refractivity contribution in [2.45, 2.75) is 44.1 Å². The number of rotatable bonds is 3. The summed E-state index contributed by atoms with van der Waals surface area (Å²) in [5.74, 6) is 0. The van der Waals surface area contributed by atoms with Crippen LogP contribution in [0.15, 0.2) is 24.3 Å². The molecule has 104 valence electrons. The molecule has 3 nitrogen and oxygen atoms in total. The number of hydrogen-bond donors (Lipinski definition) is 0. The van der Waals surface area contributed by atoms with Gasteiger partial charge in [0.15, 0.2) is 6.29 Å². The summed E-state index contributed by atoms with van der Waals surface area (Å²) in [5.41, 5.74) is 2.83. The summed E-state index contributed by atoms with van der Waals surface area (Å²) < 4.78 is 12.0. The van der Waals surface area contributed by atoms with Crippen LogP contribution in [0, 0.1) is 0 Å². The van der Waals surface area contributed by atoms with Gasteiger partial charge in [0.1, 0.15) is 0 Å². The van der Waals surface area contributed by atoms with Crippen LogP contribution < -0.4 is 0 Å². The Hall–Kier alpha value is -0.900. The van der Waals surface area contributed by atoms with Gasteiger partial charge < -0.3 is 14.4 Å². The number of hydrogen-bond acceptors (Lipinski definition) is 3. The van der Waals surface area contributed by atoms with Crippen LogP contribution in [0.25, 0.3) is 0 Å². The fourth-order valence-electron chi connectivity index (χ4n) is 3.28. The molecule has 0 N–H and O–H groups in total. The quantitative estimate of drug-likeness (QED) is 0.835. The molecular weight excluding hydrogens is 238 g/mol. The smallest absolute Gasteiger partial charge is 0.158 e. The van der Waals surface area contributed by atoms with Gasteiger partial charge in [0.2, 0.25) is 0 Å². The van der Waals surface area contributed by atoms with Gasteiger partial charge in [-0.1, -0.05) is 24.3 Å². The molecule has 0 radical (unpaired) electrons. The molecule has 3 atom stereocenters. The van der Waals surface area contributed by atoms with E-state index in [2.05, 4.69) is 43.3 Å². The van der Waals surface area contributed by atoms with E-state index in [1.54, 1.807) is 0 Å². The molecule has 1 aliphatic carbocycles. The molecule has 1 aromatic rings. The topological polar surface area (TPSA) is 21.7 Å². The summed E-state index contributed by atoms with van der Waals surface area (Å²) in [6.07, 6.45) is 4.64. The molecule has 0 bridgehead atoms. The van der Waals surface area contributed by atoms with E-state index in [0.29, 0.717) is 6.04 Å². The Morgan fingerprint density at radius 2 is 2.05 bits per heavy atom. The third kappa shape index (κ3) is 2.69. The van der Waals surface area contributed by atoms with Crippen molar-refractivity contribution in [2.24, 2.45) is 0 Å². The maximum Gasteiger partial charge on any atom is 0.158 e. The van der Waals surface area contributed by atoms with E-state index < -0.39 is 0 Å². The van der Waals surface area contributed by atoms with Crippen LogP contribution >= 0.6 is 0 Å². The largest absolute Gasteiger partial charge is 0.353 e. The molecule has 1 aromatic carbocycles. The molecule has 1 heterocycles. The van der Waals surface area contributed by atoms with Crippen molar-refractivity contribution in [1.82, 2.24) is 4.90 Å². The minimum atomic E-state index is -0.00416. The average molecular weight is 261 g/mol. The minimum Gasteiger partial charge on any atom is -0.353 e. The first-order valence-corrected chi connectivity index (χ1v) is 7.27. The fraction of sp³-hybridized carbons (Fsp3) is 0.625. The maximum atomic E-state index is 6.24. The van der Waals surface area contributed by atoms with Crippen molar-refractivity contribution in [3.8, 4) is 0 Å². The zero-order valence-electron chi connectivity index (χ0n) is 11.8. The third-order valence-corrected chi connectivity index (χ3v) is 4.17. The van der Waals surface area contributed by atoms with Crippen LogP contribution in [0.1, 0.15) is 36.4 Å². The summed E-state index contributed by atoms with van der Waals surface area (Å²) in [6.45, 7) is 0.844. The highest BCUT2D eigenvalue weighted by Crippen LogP contribution is 2.37. The predicted molar refractivity (Wildman–Crippen MR) is 75.0 cm³/mol. The van der Waals surface area contributed by atoms with Gasteiger partial charge in [-0.15, -0.1) is 0 Å².